The van der Waals surface area contributed by atoms with E-state index < -0.39 is 5.79 Å². The number of hydrogen-bond donors (Lipinski definition) is 2. The lowest BCUT2D eigenvalue weighted by atomic mass is 10.3. The fourth-order valence-corrected chi connectivity index (χ4v) is 4.28. The van der Waals surface area contributed by atoms with E-state index in [0.717, 1.165) is 20.0 Å². The van der Waals surface area contributed by atoms with Gasteiger partial charge in [-0.25, -0.2) is 0 Å². The molecule has 2 rings (SSSR count). The topological polar surface area (TPSA) is 18.5 Å². The van der Waals surface area contributed by atoms with Gasteiger partial charge in [-0.05, 0) is 13.8 Å². The molecular formula is C9H14O2S4. The third kappa shape index (κ3) is 3.04. The van der Waals surface area contributed by atoms with Crippen LogP contribution in [0.5, 0.6) is 0 Å². The van der Waals surface area contributed by atoms with Crippen LogP contribution in [0.4, 0.5) is 0 Å². The van der Waals surface area contributed by atoms with Gasteiger partial charge >= 0.3 is 0 Å². The largest absolute Gasteiger partial charge is 0.344 e. The molecule has 0 aliphatic carbocycles. The van der Waals surface area contributed by atoms with E-state index in [1.165, 1.54) is 0 Å². The second-order valence-electron chi connectivity index (χ2n) is 3.94. The highest BCUT2D eigenvalue weighted by Crippen LogP contribution is 2.41. The summed E-state index contributed by atoms with van der Waals surface area (Å²) in [5, 5.41) is 0. The Bertz CT molecular complexity index is 264. The van der Waals surface area contributed by atoms with Gasteiger partial charge in [0.15, 0.2) is 5.79 Å². The fourth-order valence-electron chi connectivity index (χ4n) is 1.64. The smallest absolute Gasteiger partial charge is 0.163 e. The van der Waals surface area contributed by atoms with E-state index in [0.29, 0.717) is 0 Å². The Balaban J connectivity index is 2.08. The molecule has 2 atom stereocenters. The highest BCUT2D eigenvalue weighted by atomic mass is 32.2. The van der Waals surface area contributed by atoms with Crippen LogP contribution in [-0.4, -0.2) is 29.5 Å². The Labute approximate surface area is 110 Å². The van der Waals surface area contributed by atoms with E-state index in [1.54, 1.807) is 23.5 Å². The third-order valence-electron chi connectivity index (χ3n) is 2.24. The number of thioether (sulfide) groups is 2. The molecule has 0 aromatic rings. The molecule has 0 spiro atoms. The maximum Gasteiger partial charge on any atom is 0.163 e. The Morgan fingerprint density at radius 3 is 1.87 bits per heavy atom. The number of hydrogen-bond acceptors (Lipinski definition) is 6. The first-order valence-electron chi connectivity index (χ1n) is 4.71. The third-order valence-corrected chi connectivity index (χ3v) is 6.01. The molecule has 0 bridgehead atoms. The summed E-state index contributed by atoms with van der Waals surface area (Å²) < 4.78 is 13.6. The van der Waals surface area contributed by atoms with Gasteiger partial charge in [0.1, 0.15) is 0 Å². The van der Waals surface area contributed by atoms with Crippen molar-refractivity contribution in [3.8, 4) is 0 Å². The minimum absolute atomic E-state index is 0.168. The molecule has 1 saturated heterocycles. The summed E-state index contributed by atoms with van der Waals surface area (Å²) in [6.07, 6.45) is 0.335. The summed E-state index contributed by atoms with van der Waals surface area (Å²) in [6.45, 7) is 3.92. The van der Waals surface area contributed by atoms with Crippen LogP contribution in [0, 0.1) is 0 Å². The standard InChI is InChI=1S/C9H14O2S4/c1-9(2)10-5-3-14-7(12)8(13)15-4-6(5)11-9/h5-6,12-13H,3-4H2,1-2H3/b8-7-. The lowest BCUT2D eigenvalue weighted by Crippen LogP contribution is -2.27. The van der Waals surface area contributed by atoms with E-state index in [4.69, 9.17) is 9.47 Å². The summed E-state index contributed by atoms with van der Waals surface area (Å²) in [7, 11) is 0. The van der Waals surface area contributed by atoms with Gasteiger partial charge in [0.25, 0.3) is 0 Å². The number of ether oxygens (including phenoxy) is 2. The van der Waals surface area contributed by atoms with Crippen LogP contribution in [0.2, 0.25) is 0 Å². The molecule has 15 heavy (non-hydrogen) atoms. The second-order valence-corrected chi connectivity index (χ2v) is 7.50. The molecule has 0 saturated carbocycles. The van der Waals surface area contributed by atoms with Gasteiger partial charge in [-0.15, -0.1) is 48.8 Å². The first-order valence-corrected chi connectivity index (χ1v) is 7.58. The number of fused-ring (bicyclic) bond motifs is 1. The van der Waals surface area contributed by atoms with Gasteiger partial charge in [-0.1, -0.05) is 0 Å². The van der Waals surface area contributed by atoms with Crippen LogP contribution in [0.25, 0.3) is 0 Å². The molecule has 2 aliphatic rings. The van der Waals surface area contributed by atoms with E-state index >= 15 is 0 Å². The minimum Gasteiger partial charge on any atom is -0.344 e. The average Bonchev–Trinajstić information content (AvgIpc) is 2.44. The molecule has 0 N–H and O–H groups in total. The summed E-state index contributed by atoms with van der Waals surface area (Å²) in [5.74, 6) is 1.32. The zero-order valence-corrected chi connectivity index (χ0v) is 12.0. The van der Waals surface area contributed by atoms with E-state index in [1.807, 2.05) is 13.8 Å². The number of thiol groups is 2. The average molecular weight is 282 g/mol. The van der Waals surface area contributed by atoms with Gasteiger partial charge < -0.3 is 9.47 Å². The molecule has 6 heteroatoms. The van der Waals surface area contributed by atoms with E-state index in [9.17, 15) is 0 Å². The van der Waals surface area contributed by atoms with Crippen molar-refractivity contribution in [1.29, 1.82) is 0 Å². The van der Waals surface area contributed by atoms with Crippen LogP contribution in [-0.2, 0) is 9.47 Å². The van der Waals surface area contributed by atoms with Gasteiger partial charge in [0, 0.05) is 11.5 Å². The highest BCUT2D eigenvalue weighted by molar-refractivity contribution is 8.21. The lowest BCUT2D eigenvalue weighted by molar-refractivity contribution is -0.142. The van der Waals surface area contributed by atoms with Crippen LogP contribution < -0.4 is 0 Å². The molecule has 2 aliphatic heterocycles. The Kier molecular flexibility index (Phi) is 3.96. The summed E-state index contributed by atoms with van der Waals surface area (Å²) >= 11 is 12.1. The van der Waals surface area contributed by atoms with Crippen molar-refractivity contribution < 1.29 is 9.47 Å². The Hall–Kier alpha value is 1.06. The monoisotopic (exact) mass is 282 g/mol. The zero-order valence-electron chi connectivity index (χ0n) is 8.60. The first-order chi connectivity index (χ1) is 6.98. The van der Waals surface area contributed by atoms with Crippen molar-refractivity contribution in [2.45, 2.75) is 31.8 Å². The predicted molar refractivity (Wildman–Crippen MR) is 73.7 cm³/mol. The molecule has 0 aromatic carbocycles. The summed E-state index contributed by atoms with van der Waals surface area (Å²) in [4.78, 5) is 0. The molecule has 0 radical (unpaired) electrons. The van der Waals surface area contributed by atoms with Crippen molar-refractivity contribution >= 4 is 48.8 Å². The minimum atomic E-state index is -0.450. The second kappa shape index (κ2) is 4.74. The molecule has 2 unspecified atom stereocenters. The van der Waals surface area contributed by atoms with E-state index in [2.05, 4.69) is 25.3 Å². The SMILES string of the molecule is CC1(C)OC2CS/C(S)=C(/S)SCC2O1. The maximum atomic E-state index is 5.83. The molecule has 2 heterocycles. The molecule has 1 fully saturated rings. The van der Waals surface area contributed by atoms with Gasteiger partial charge in [0.2, 0.25) is 0 Å². The fraction of sp³-hybridized carbons (Fsp3) is 0.778. The van der Waals surface area contributed by atoms with E-state index in [-0.39, 0.29) is 12.2 Å². The van der Waals surface area contributed by atoms with Crippen LogP contribution in [0.1, 0.15) is 13.8 Å². The normalized spacial score (nSPS) is 40.8. The van der Waals surface area contributed by atoms with Crippen molar-refractivity contribution in [2.75, 3.05) is 11.5 Å². The highest BCUT2D eigenvalue weighted by Gasteiger charge is 2.41. The Morgan fingerprint density at radius 2 is 1.47 bits per heavy atom. The van der Waals surface area contributed by atoms with Crippen molar-refractivity contribution in [3.63, 3.8) is 0 Å². The molecule has 0 amide bonds. The maximum absolute atomic E-state index is 5.83. The van der Waals surface area contributed by atoms with Gasteiger partial charge in [-0.3, -0.25) is 0 Å². The van der Waals surface area contributed by atoms with Crippen LogP contribution >= 0.6 is 48.8 Å². The first kappa shape index (κ1) is 12.5. The summed E-state index contributed by atoms with van der Waals surface area (Å²) in [6, 6.07) is 0. The van der Waals surface area contributed by atoms with Crippen LogP contribution in [0.15, 0.2) is 8.47 Å². The quantitative estimate of drug-likeness (QED) is 0.665. The number of rotatable bonds is 0. The van der Waals surface area contributed by atoms with Crippen molar-refractivity contribution in [2.24, 2.45) is 0 Å². The molecule has 86 valence electrons. The lowest BCUT2D eigenvalue weighted by Gasteiger charge is -2.19. The molecule has 2 nitrogen and oxygen atoms in total. The van der Waals surface area contributed by atoms with Gasteiger partial charge in [0.05, 0.1) is 20.7 Å². The molecular weight excluding hydrogens is 268 g/mol. The predicted octanol–water partition coefficient (Wildman–Crippen LogP) is 2.97. The summed E-state index contributed by atoms with van der Waals surface area (Å²) in [5.41, 5.74) is 0. The van der Waals surface area contributed by atoms with Gasteiger partial charge in [-0.2, -0.15) is 0 Å². The Morgan fingerprint density at radius 1 is 1.07 bits per heavy atom. The molecule has 0 aromatic heterocycles. The zero-order chi connectivity index (χ0) is 11.1. The van der Waals surface area contributed by atoms with Crippen LogP contribution in [0.3, 0.4) is 0 Å². The van der Waals surface area contributed by atoms with Crippen molar-refractivity contribution in [3.05, 3.63) is 8.47 Å². The van der Waals surface area contributed by atoms with Crippen molar-refractivity contribution in [1.82, 2.24) is 0 Å².